The van der Waals surface area contributed by atoms with Crippen LogP contribution in [0.3, 0.4) is 0 Å². The average molecular weight is 1240 g/mol. The smallest absolute Gasteiger partial charge is 0.303 e. The number of aliphatic carboxylic acids is 1. The van der Waals surface area contributed by atoms with Gasteiger partial charge in [-0.25, -0.2) is 24.9 Å². The number of imidazole rings is 3. The second kappa shape index (κ2) is 25.7. The predicted molar refractivity (Wildman–Crippen MR) is 366 cm³/mol. The Morgan fingerprint density at radius 3 is 0.957 bits per heavy atom. The van der Waals surface area contributed by atoms with Crippen molar-refractivity contribution in [2.45, 2.75) is 78.6 Å². The topological polar surface area (TPSA) is 265 Å². The molecule has 0 aliphatic carbocycles. The molecule has 4 amide bonds. The van der Waals surface area contributed by atoms with Crippen LogP contribution in [0.2, 0.25) is 0 Å². The number of fused-ring (bicyclic) bond motifs is 8. The van der Waals surface area contributed by atoms with E-state index in [0.717, 1.165) is 17.5 Å². The number of nitrogens with one attached hydrogen (secondary N) is 6. The number of carboxylic acids is 1. The van der Waals surface area contributed by atoms with Gasteiger partial charge in [0.15, 0.2) is 0 Å². The second-order valence-electron chi connectivity index (χ2n) is 24.0. The lowest BCUT2D eigenvalue weighted by molar-refractivity contribution is -0.137. The largest absolute Gasteiger partial charge is 0.481 e. The van der Waals surface area contributed by atoms with Gasteiger partial charge in [0, 0.05) is 141 Å². The molecule has 10 aromatic rings. The molecule has 8 bridgehead atoms. The zero-order valence-electron chi connectivity index (χ0n) is 53.0. The fourth-order valence-corrected chi connectivity index (χ4v) is 12.3. The van der Waals surface area contributed by atoms with E-state index < -0.39 is 5.97 Å². The summed E-state index contributed by atoms with van der Waals surface area (Å²) in [6.07, 6.45) is 12.4. The fourth-order valence-electron chi connectivity index (χ4n) is 12.3. The number of para-hydroxylation sites is 4. The molecule has 0 radical (unpaired) electrons. The van der Waals surface area contributed by atoms with E-state index in [1.165, 1.54) is 0 Å². The molecular formula is C73H70N14O6. The monoisotopic (exact) mass is 1240 g/mol. The van der Waals surface area contributed by atoms with Crippen LogP contribution in [-0.4, -0.2) is 83.3 Å². The molecule has 0 fully saturated rings. The van der Waals surface area contributed by atoms with E-state index in [2.05, 4.69) is 46.2 Å². The zero-order valence-corrected chi connectivity index (χ0v) is 53.0. The Balaban J connectivity index is 1.15. The third kappa shape index (κ3) is 12.2. The lowest BCUT2D eigenvalue weighted by atomic mass is 10.0. The second-order valence-corrected chi connectivity index (χ2v) is 24.0. The zero-order chi connectivity index (χ0) is 65.4. The molecule has 0 spiro atoms. The number of carboxylic acid groups (broad SMARTS) is 1. The summed E-state index contributed by atoms with van der Waals surface area (Å²) in [6.45, 7) is 12.2. The number of rotatable bonds is 18. The molecule has 20 heteroatoms. The summed E-state index contributed by atoms with van der Waals surface area (Å²) < 4.78 is 5.40. The van der Waals surface area contributed by atoms with Crippen LogP contribution in [0.5, 0.6) is 0 Å². The molecule has 7 N–H and O–H groups in total. The number of nitrogens with zero attached hydrogens (tertiary/aromatic N) is 8. The van der Waals surface area contributed by atoms with Crippen molar-refractivity contribution in [2.75, 3.05) is 21.3 Å². The van der Waals surface area contributed by atoms with Crippen LogP contribution >= 0.6 is 0 Å². The van der Waals surface area contributed by atoms with E-state index in [0.29, 0.717) is 129 Å². The van der Waals surface area contributed by atoms with Gasteiger partial charge in [0.05, 0.1) is 41.4 Å². The van der Waals surface area contributed by atoms with Crippen molar-refractivity contribution in [3.8, 4) is 44.5 Å². The van der Waals surface area contributed by atoms with Crippen LogP contribution in [0.4, 0.5) is 22.7 Å². The number of carbonyl (C=O) groups is 5. The van der Waals surface area contributed by atoms with Gasteiger partial charge in [0.25, 0.3) is 17.7 Å². The number of anilines is 4. The first-order valence-corrected chi connectivity index (χ1v) is 30.9. The average Bonchev–Trinajstić information content (AvgIpc) is 1.67. The van der Waals surface area contributed by atoms with Gasteiger partial charge < -0.3 is 50.0 Å². The van der Waals surface area contributed by atoms with Crippen molar-refractivity contribution in [3.63, 3.8) is 0 Å². The minimum atomic E-state index is -0.995. The number of aromatic nitrogens is 10. The van der Waals surface area contributed by atoms with Crippen molar-refractivity contribution in [1.82, 2.24) is 48.6 Å². The number of hydrogen-bond donors (Lipinski definition) is 7. The van der Waals surface area contributed by atoms with Gasteiger partial charge in [-0.3, -0.25) is 24.0 Å². The van der Waals surface area contributed by atoms with Gasteiger partial charge in [-0.05, 0) is 79.3 Å². The summed E-state index contributed by atoms with van der Waals surface area (Å²) in [5.74, 6) is 0.0288. The molecule has 8 heterocycles. The standard InChI is InChI=1S/C73H70N14O6/c1-40(2)68-74-37-59(85(68)7)71(91)82-48-24-15-11-20-44(48)65-53-31-29-51(77-53)64(43-19-10-14-23-47(43)81-62(88)27-18-28-63(89)90)52-30-32-54(78-52)66(45-21-12-16-25-49(45)83-72(92)60-38-75-69(41(3)4)86(60)8)56-34-36-58(80-56)67(57-35-33-55(65)79-57)46-22-13-17-26-50(46)84-73(93)61-39-76-70(42(5)6)87(61)9/h10-17,19-26,29-42,77,80H,18,27-28H2,1-9H3,(H,81,88)(H,82,91)(H,83,92)(H,84,93)(H,89,90). The molecule has 4 aromatic carbocycles. The first-order valence-electron chi connectivity index (χ1n) is 30.9. The highest BCUT2D eigenvalue weighted by molar-refractivity contribution is 6.11. The summed E-state index contributed by atoms with van der Waals surface area (Å²) in [5.41, 5.74) is 12.5. The van der Waals surface area contributed by atoms with E-state index in [9.17, 15) is 29.1 Å². The third-order valence-electron chi connectivity index (χ3n) is 16.7. The molecule has 0 atom stereocenters. The van der Waals surface area contributed by atoms with E-state index in [-0.39, 0.29) is 60.6 Å². The number of carbonyl (C=O) groups excluding carboxylic acids is 4. The molecule has 0 unspecified atom stereocenters. The van der Waals surface area contributed by atoms with Crippen molar-refractivity contribution in [1.29, 1.82) is 0 Å². The Labute approximate surface area is 536 Å². The Bertz CT molecular complexity index is 4780. The van der Waals surface area contributed by atoms with Gasteiger partial charge in [0.1, 0.15) is 34.6 Å². The van der Waals surface area contributed by atoms with Crippen LogP contribution in [0.1, 0.15) is 150 Å². The molecule has 0 saturated carbocycles. The number of H-pyrrole nitrogens is 2. The van der Waals surface area contributed by atoms with E-state index in [1.807, 2.05) is 202 Å². The highest BCUT2D eigenvalue weighted by Gasteiger charge is 2.27. The molecule has 12 rings (SSSR count). The van der Waals surface area contributed by atoms with E-state index in [4.69, 9.17) is 9.97 Å². The fraction of sp³-hybridized carbons (Fsp3) is 0.205. The summed E-state index contributed by atoms with van der Waals surface area (Å²) in [5, 5.41) is 22.2. The van der Waals surface area contributed by atoms with Crippen LogP contribution in [-0.2, 0) is 30.7 Å². The molecule has 2 aliphatic rings. The lowest BCUT2D eigenvalue weighted by Gasteiger charge is -2.14. The van der Waals surface area contributed by atoms with Crippen molar-refractivity contribution >= 4 is 98.7 Å². The van der Waals surface area contributed by atoms with Crippen LogP contribution < -0.4 is 21.3 Å². The molecular weight excluding hydrogens is 1170 g/mol. The molecule has 0 saturated heterocycles. The molecule has 93 heavy (non-hydrogen) atoms. The van der Waals surface area contributed by atoms with Crippen LogP contribution in [0, 0.1) is 0 Å². The number of aromatic amines is 2. The van der Waals surface area contributed by atoms with Gasteiger partial charge in [-0.2, -0.15) is 0 Å². The molecule has 468 valence electrons. The minimum absolute atomic E-state index is 0.0282. The van der Waals surface area contributed by atoms with E-state index in [1.54, 1.807) is 38.4 Å². The maximum absolute atomic E-state index is 14.5. The molecule has 2 aliphatic heterocycles. The van der Waals surface area contributed by atoms with Crippen molar-refractivity contribution in [3.05, 3.63) is 197 Å². The minimum Gasteiger partial charge on any atom is -0.481 e. The Hall–Kier alpha value is -11.5. The van der Waals surface area contributed by atoms with Crippen molar-refractivity contribution < 1.29 is 29.1 Å². The SMILES string of the molecule is CC(C)c1ncc(C(=O)Nc2ccccc2-c2c3nc(c(-c4ccccc4NC(=O)c4cnc(C(C)C)n4C)c4ccc([nH]4)c(-c4ccccc4NC(=O)c4cnc(C(C)C)n4C)c4nc(c(-c5ccccc5NC(=O)CCCC(=O)O)c5ccc2[nH]5)C=C4)C=C3)n1C. The highest BCUT2D eigenvalue weighted by Crippen LogP contribution is 2.43. The Morgan fingerprint density at radius 1 is 0.409 bits per heavy atom. The number of amides is 4. The maximum atomic E-state index is 14.5. The van der Waals surface area contributed by atoms with Crippen LogP contribution in [0.25, 0.3) is 90.9 Å². The summed E-state index contributed by atoms with van der Waals surface area (Å²) in [6, 6.07) is 37.8. The predicted octanol–water partition coefficient (Wildman–Crippen LogP) is 14.8. The quantitative estimate of drug-likeness (QED) is 0.0425. The first kappa shape index (κ1) is 61.7. The Kier molecular flexibility index (Phi) is 17.1. The van der Waals surface area contributed by atoms with Gasteiger partial charge in [-0.1, -0.05) is 114 Å². The maximum Gasteiger partial charge on any atom is 0.303 e. The van der Waals surface area contributed by atoms with Gasteiger partial charge in [-0.15, -0.1) is 0 Å². The number of hydrogen-bond acceptors (Lipinski definition) is 10. The molecule has 6 aromatic heterocycles. The highest BCUT2D eigenvalue weighted by atomic mass is 16.4. The van der Waals surface area contributed by atoms with Crippen molar-refractivity contribution in [2.24, 2.45) is 21.1 Å². The van der Waals surface area contributed by atoms with E-state index >= 15 is 0 Å². The van der Waals surface area contributed by atoms with Gasteiger partial charge in [0.2, 0.25) is 5.91 Å². The first-order chi connectivity index (χ1) is 44.8. The van der Waals surface area contributed by atoms with Crippen LogP contribution in [0.15, 0.2) is 140 Å². The normalized spacial score (nSPS) is 11.9. The number of benzene rings is 4. The third-order valence-corrected chi connectivity index (χ3v) is 16.7. The van der Waals surface area contributed by atoms with Gasteiger partial charge >= 0.3 is 5.97 Å². The summed E-state index contributed by atoms with van der Waals surface area (Å²) >= 11 is 0. The summed E-state index contributed by atoms with van der Waals surface area (Å²) in [7, 11) is 5.49. The molecule has 20 nitrogen and oxygen atoms in total. The summed E-state index contributed by atoms with van der Waals surface area (Å²) in [4.78, 5) is 101. The lowest BCUT2D eigenvalue weighted by Crippen LogP contribution is -2.17. The Morgan fingerprint density at radius 2 is 0.688 bits per heavy atom.